The molecule has 2 N–H and O–H groups in total. The molecule has 0 spiro atoms. The second-order valence-corrected chi connectivity index (χ2v) is 3.10. The van der Waals surface area contributed by atoms with Gasteiger partial charge in [0.1, 0.15) is 5.56 Å². The van der Waals surface area contributed by atoms with Gasteiger partial charge in [-0.3, -0.25) is 4.79 Å². The van der Waals surface area contributed by atoms with Crippen LogP contribution < -0.4 is 0 Å². The molecule has 86 valence electrons. The number of aliphatic hydroxyl groups excluding tert-OH is 1. The van der Waals surface area contributed by atoms with Gasteiger partial charge in [0.15, 0.2) is 5.82 Å². The van der Waals surface area contributed by atoms with E-state index in [1.807, 2.05) is 0 Å². The van der Waals surface area contributed by atoms with Crippen LogP contribution in [0.15, 0.2) is 10.4 Å². The normalized spacial score (nSPS) is 9.81. The Hall–Kier alpha value is -1.58. The molecule has 1 amide bonds. The molecule has 0 aliphatic rings. The summed E-state index contributed by atoms with van der Waals surface area (Å²) in [7, 11) is 0. The number of aliphatic hydroxyl groups is 2. The van der Waals surface area contributed by atoms with Gasteiger partial charge in [0, 0.05) is 11.1 Å². The maximum atomic E-state index is 12.9. The van der Waals surface area contributed by atoms with Gasteiger partial charge in [0.25, 0.3) is 17.1 Å². The Morgan fingerprint density at radius 3 is 2.50 bits per heavy atom. The lowest BCUT2D eigenvalue weighted by Crippen LogP contribution is -2.05. The average Bonchev–Trinajstić information content (AvgIpc) is 2.20. The van der Waals surface area contributed by atoms with Crippen molar-refractivity contribution in [2.45, 2.75) is 0 Å². The highest BCUT2D eigenvalue weighted by Crippen LogP contribution is 2.11. The summed E-state index contributed by atoms with van der Waals surface area (Å²) in [6.07, 6.45) is 0. The molecule has 1 aromatic rings. The van der Waals surface area contributed by atoms with Crippen molar-refractivity contribution in [1.82, 2.24) is 4.98 Å². The molecule has 0 atom stereocenters. The van der Waals surface area contributed by atoms with Crippen molar-refractivity contribution in [2.75, 3.05) is 0 Å². The lowest BCUT2D eigenvalue weighted by atomic mass is 10.2. The van der Waals surface area contributed by atoms with Crippen molar-refractivity contribution < 1.29 is 28.2 Å². The molecule has 1 rings (SSSR count). The van der Waals surface area contributed by atoms with Crippen LogP contribution in [0.4, 0.5) is 13.2 Å². The van der Waals surface area contributed by atoms with Crippen LogP contribution in [0.5, 0.6) is 0 Å². The Balaban J connectivity index is 3.20. The van der Waals surface area contributed by atoms with E-state index in [1.165, 1.54) is 0 Å². The molecule has 0 aliphatic heterocycles. The first-order valence-electron chi connectivity index (χ1n) is 3.60. The maximum Gasteiger partial charge on any atom is 0.292 e. The summed E-state index contributed by atoms with van der Waals surface area (Å²) in [5.41, 5.74) is -0.910. The van der Waals surface area contributed by atoms with Gasteiger partial charge in [-0.1, -0.05) is 0 Å². The second kappa shape index (κ2) is 4.96. The minimum atomic E-state index is -1.68. The fourth-order valence-electron chi connectivity index (χ4n) is 0.727. The second-order valence-electron chi connectivity index (χ2n) is 2.37. The number of pyridine rings is 1. The van der Waals surface area contributed by atoms with Gasteiger partial charge >= 0.3 is 0 Å². The molecule has 1 heterocycles. The first-order valence-corrected chi connectivity index (χ1v) is 4.38. The van der Waals surface area contributed by atoms with Crippen LogP contribution in [0.3, 0.4) is 0 Å². The molecule has 0 bridgehead atoms. The molecule has 0 saturated carbocycles. The molecular formula is C7H3F3N2O3S. The molecule has 1 aromatic heterocycles. The van der Waals surface area contributed by atoms with Gasteiger partial charge in [-0.05, 0) is 6.07 Å². The number of carbonyl (C=O) groups excluding carboxylic acids is 1. The van der Waals surface area contributed by atoms with Crippen molar-refractivity contribution in [3.63, 3.8) is 0 Å². The topological polar surface area (TPSA) is 82.8 Å². The van der Waals surface area contributed by atoms with Crippen molar-refractivity contribution in [1.29, 1.82) is 0 Å². The summed E-state index contributed by atoms with van der Waals surface area (Å²) >= 11 is -0.0545. The van der Waals surface area contributed by atoms with Gasteiger partial charge < -0.3 is 10.2 Å². The number of rotatable bonds is 1. The Bertz CT molecular complexity index is 510. The van der Waals surface area contributed by atoms with Gasteiger partial charge in [-0.25, -0.2) is 4.39 Å². The van der Waals surface area contributed by atoms with Gasteiger partial charge in [-0.2, -0.15) is 13.8 Å². The van der Waals surface area contributed by atoms with E-state index in [1.54, 1.807) is 0 Å². The molecule has 0 fully saturated rings. The molecule has 9 heteroatoms. The van der Waals surface area contributed by atoms with Crippen LogP contribution in [0.25, 0.3) is 0 Å². The van der Waals surface area contributed by atoms with Crippen molar-refractivity contribution >= 4 is 22.3 Å². The fraction of sp³-hybridized carbons (Fsp3) is 0. The first-order chi connectivity index (χ1) is 7.41. The summed E-state index contributed by atoms with van der Waals surface area (Å²) in [5.74, 6) is -6.04. The van der Waals surface area contributed by atoms with E-state index in [0.717, 1.165) is 0 Å². The number of nitrogens with zero attached hydrogens (tertiary/aromatic N) is 2. The lowest BCUT2D eigenvalue weighted by Gasteiger charge is -1.97. The van der Waals surface area contributed by atoms with E-state index in [2.05, 4.69) is 9.35 Å². The SMILES string of the molecule is O=C(N=S=C(O)O)c1cc(F)c(F)nc1F. The highest BCUT2D eigenvalue weighted by molar-refractivity contribution is 7.68. The average molecular weight is 252 g/mol. The van der Waals surface area contributed by atoms with E-state index in [9.17, 15) is 18.0 Å². The number of halogens is 3. The summed E-state index contributed by atoms with van der Waals surface area (Å²) in [6.45, 7) is 0. The van der Waals surface area contributed by atoms with E-state index in [-0.39, 0.29) is 17.2 Å². The van der Waals surface area contributed by atoms with Gasteiger partial charge in [0.05, 0.1) is 0 Å². The molecule has 16 heavy (non-hydrogen) atoms. The quantitative estimate of drug-likeness (QED) is 0.579. The van der Waals surface area contributed by atoms with Gasteiger partial charge in [-0.15, -0.1) is 4.36 Å². The standard InChI is InChI=1S/C7H3F3N2O3S/c8-3-1-2(4(9)11-5(3)10)6(13)12-16-7(14)15/h1,14-15H. The number of aromatic nitrogens is 1. The largest absolute Gasteiger partial charge is 0.332 e. The molecule has 0 saturated heterocycles. The third-order valence-electron chi connectivity index (χ3n) is 1.33. The highest BCUT2D eigenvalue weighted by atomic mass is 32.1. The van der Waals surface area contributed by atoms with E-state index < -0.39 is 34.4 Å². The monoisotopic (exact) mass is 252 g/mol. The Labute approximate surface area is 89.9 Å². The zero-order valence-electron chi connectivity index (χ0n) is 7.32. The van der Waals surface area contributed by atoms with Crippen LogP contribution in [0.1, 0.15) is 10.4 Å². The lowest BCUT2D eigenvalue weighted by molar-refractivity contribution is 0.1000. The smallest absolute Gasteiger partial charge is 0.292 e. The molecule has 0 unspecified atom stereocenters. The van der Waals surface area contributed by atoms with Crippen LogP contribution in [-0.4, -0.2) is 26.3 Å². The van der Waals surface area contributed by atoms with Crippen LogP contribution in [0.2, 0.25) is 0 Å². The summed E-state index contributed by atoms with van der Waals surface area (Å²) < 4.78 is 40.8. The fourth-order valence-corrected chi connectivity index (χ4v) is 0.990. The first kappa shape index (κ1) is 12.5. The predicted molar refractivity (Wildman–Crippen MR) is 48.5 cm³/mol. The van der Waals surface area contributed by atoms with E-state index >= 15 is 0 Å². The van der Waals surface area contributed by atoms with E-state index in [0.29, 0.717) is 0 Å². The third kappa shape index (κ3) is 2.95. The number of amides is 1. The Morgan fingerprint density at radius 2 is 1.94 bits per heavy atom. The number of carbonyl (C=O) groups is 1. The highest BCUT2D eigenvalue weighted by Gasteiger charge is 2.16. The summed E-state index contributed by atoms with van der Waals surface area (Å²) in [4.78, 5) is 13.5. The van der Waals surface area contributed by atoms with E-state index in [4.69, 9.17) is 10.2 Å². The molecule has 0 aliphatic carbocycles. The van der Waals surface area contributed by atoms with Crippen LogP contribution in [0, 0.1) is 17.7 Å². The van der Waals surface area contributed by atoms with Crippen LogP contribution >= 0.6 is 0 Å². The zero-order chi connectivity index (χ0) is 12.3. The summed E-state index contributed by atoms with van der Waals surface area (Å²) in [6, 6.07) is 0.276. The summed E-state index contributed by atoms with van der Waals surface area (Å²) in [5, 5.41) is 15.3. The number of hydrogen-bond donors (Lipinski definition) is 2. The molecular weight excluding hydrogens is 249 g/mol. The van der Waals surface area contributed by atoms with Gasteiger partial charge in [0.2, 0.25) is 5.95 Å². The molecule has 0 radical (unpaired) electrons. The third-order valence-corrected chi connectivity index (χ3v) is 1.75. The minimum absolute atomic E-state index is 0.0545. The molecule has 0 aromatic carbocycles. The van der Waals surface area contributed by atoms with Crippen molar-refractivity contribution in [2.24, 2.45) is 4.36 Å². The van der Waals surface area contributed by atoms with Crippen molar-refractivity contribution in [3.8, 4) is 0 Å². The Kier molecular flexibility index (Phi) is 3.88. The molecule has 5 nitrogen and oxygen atoms in total. The number of hydrogen-bond acceptors (Lipinski definition) is 2. The van der Waals surface area contributed by atoms with Crippen LogP contribution in [-0.2, 0) is 11.1 Å². The zero-order valence-corrected chi connectivity index (χ0v) is 8.13. The van der Waals surface area contributed by atoms with Crippen molar-refractivity contribution in [3.05, 3.63) is 29.3 Å². The predicted octanol–water partition coefficient (Wildman–Crippen LogP) is 1.11. The Morgan fingerprint density at radius 1 is 1.31 bits per heavy atom. The maximum absolute atomic E-state index is 12.9. The minimum Gasteiger partial charge on any atom is -0.332 e.